The van der Waals surface area contributed by atoms with Crippen molar-refractivity contribution in [3.8, 4) is 0 Å². The van der Waals surface area contributed by atoms with Crippen LogP contribution in [0.25, 0.3) is 0 Å². The van der Waals surface area contributed by atoms with Gasteiger partial charge in [0.15, 0.2) is 0 Å². The van der Waals surface area contributed by atoms with Crippen molar-refractivity contribution in [3.05, 3.63) is 57.8 Å². The van der Waals surface area contributed by atoms with Crippen molar-refractivity contribution in [1.82, 2.24) is 5.32 Å². The van der Waals surface area contributed by atoms with E-state index >= 15 is 0 Å². The number of aryl methyl sites for hydroxylation is 1. The van der Waals surface area contributed by atoms with E-state index in [4.69, 9.17) is 0 Å². The summed E-state index contributed by atoms with van der Waals surface area (Å²) >= 11 is 1.44. The van der Waals surface area contributed by atoms with Crippen LogP contribution in [0.4, 0.5) is 0 Å². The van der Waals surface area contributed by atoms with Crippen molar-refractivity contribution >= 4 is 23.2 Å². The largest absolute Gasteiger partial charge is 0.481 e. The Hall–Kier alpha value is -2.14. The molecular weight excluding hydrogens is 286 g/mol. The fraction of sp³-hybridized carbons (Fsp3) is 0.250. The SMILES string of the molecule is Cc1cccc(CC(CNC(=O)c2ccsc2)C(=O)O)c1. The number of aliphatic carboxylic acids is 1. The number of benzene rings is 1. The molecule has 1 aromatic heterocycles. The maximum Gasteiger partial charge on any atom is 0.308 e. The summed E-state index contributed by atoms with van der Waals surface area (Å²) in [7, 11) is 0. The van der Waals surface area contributed by atoms with E-state index in [1.165, 1.54) is 11.3 Å². The number of amides is 1. The fourth-order valence-corrected chi connectivity index (χ4v) is 2.72. The Morgan fingerprint density at radius 2 is 2.14 bits per heavy atom. The Kier molecular flexibility index (Phi) is 5.11. The van der Waals surface area contributed by atoms with Gasteiger partial charge in [0.2, 0.25) is 0 Å². The topological polar surface area (TPSA) is 66.4 Å². The van der Waals surface area contributed by atoms with E-state index in [2.05, 4.69) is 5.32 Å². The van der Waals surface area contributed by atoms with Gasteiger partial charge in [-0.25, -0.2) is 0 Å². The van der Waals surface area contributed by atoms with Crippen molar-refractivity contribution in [2.24, 2.45) is 5.92 Å². The summed E-state index contributed by atoms with van der Waals surface area (Å²) in [5, 5.41) is 15.5. The normalized spacial score (nSPS) is 11.9. The molecule has 2 N–H and O–H groups in total. The number of carboxylic acids is 1. The molecule has 0 spiro atoms. The molecule has 0 fully saturated rings. The molecule has 1 atom stereocenters. The van der Waals surface area contributed by atoms with Gasteiger partial charge in [0.05, 0.1) is 5.92 Å². The Morgan fingerprint density at radius 1 is 1.33 bits per heavy atom. The smallest absolute Gasteiger partial charge is 0.308 e. The number of hydrogen-bond donors (Lipinski definition) is 2. The van der Waals surface area contributed by atoms with Crippen molar-refractivity contribution in [2.45, 2.75) is 13.3 Å². The van der Waals surface area contributed by atoms with Gasteiger partial charge >= 0.3 is 5.97 Å². The van der Waals surface area contributed by atoms with E-state index < -0.39 is 11.9 Å². The standard InChI is InChI=1S/C16H17NO3S/c1-11-3-2-4-12(7-11)8-14(16(19)20)9-17-15(18)13-5-6-21-10-13/h2-7,10,14H,8-9H2,1H3,(H,17,18)(H,19,20). The number of rotatable bonds is 6. The zero-order chi connectivity index (χ0) is 15.2. The molecule has 110 valence electrons. The van der Waals surface area contributed by atoms with Gasteiger partial charge in [-0.15, -0.1) is 0 Å². The molecule has 0 aliphatic carbocycles. The first-order valence-corrected chi connectivity index (χ1v) is 7.59. The van der Waals surface area contributed by atoms with Gasteiger partial charge < -0.3 is 10.4 Å². The molecule has 4 nitrogen and oxygen atoms in total. The first kappa shape index (κ1) is 15.3. The summed E-state index contributed by atoms with van der Waals surface area (Å²) in [6.07, 6.45) is 0.404. The number of carbonyl (C=O) groups excluding carboxylic acids is 1. The lowest BCUT2D eigenvalue weighted by molar-refractivity contribution is -0.141. The monoisotopic (exact) mass is 303 g/mol. The lowest BCUT2D eigenvalue weighted by Crippen LogP contribution is -2.33. The highest BCUT2D eigenvalue weighted by atomic mass is 32.1. The van der Waals surface area contributed by atoms with Crippen LogP contribution >= 0.6 is 11.3 Å². The summed E-state index contributed by atoms with van der Waals surface area (Å²) in [4.78, 5) is 23.2. The number of thiophene rings is 1. The van der Waals surface area contributed by atoms with Gasteiger partial charge in [-0.05, 0) is 30.4 Å². The lowest BCUT2D eigenvalue weighted by Gasteiger charge is -2.13. The molecule has 2 rings (SSSR count). The summed E-state index contributed by atoms with van der Waals surface area (Å²) in [5.74, 6) is -1.76. The minimum atomic E-state index is -0.901. The van der Waals surface area contributed by atoms with E-state index in [0.717, 1.165) is 11.1 Å². The number of nitrogens with one attached hydrogen (secondary N) is 1. The maximum atomic E-state index is 11.8. The molecule has 0 radical (unpaired) electrons. The second-order valence-electron chi connectivity index (χ2n) is 4.95. The van der Waals surface area contributed by atoms with Gasteiger partial charge in [0.25, 0.3) is 5.91 Å². The molecule has 21 heavy (non-hydrogen) atoms. The van der Waals surface area contributed by atoms with Crippen LogP contribution in [0.15, 0.2) is 41.1 Å². The summed E-state index contributed by atoms with van der Waals surface area (Å²) in [6.45, 7) is 2.09. The Balaban J connectivity index is 1.96. The third-order valence-corrected chi connectivity index (χ3v) is 3.89. The number of carbonyl (C=O) groups is 2. The maximum absolute atomic E-state index is 11.8. The summed E-state index contributed by atoms with van der Waals surface area (Å²) in [5.41, 5.74) is 2.63. The molecule has 1 aromatic carbocycles. The third-order valence-electron chi connectivity index (χ3n) is 3.21. The average molecular weight is 303 g/mol. The van der Waals surface area contributed by atoms with Gasteiger partial charge in [-0.3, -0.25) is 9.59 Å². The Labute approximate surface area is 127 Å². The van der Waals surface area contributed by atoms with Crippen LogP contribution in [0, 0.1) is 12.8 Å². The lowest BCUT2D eigenvalue weighted by atomic mass is 9.98. The zero-order valence-corrected chi connectivity index (χ0v) is 12.5. The Bertz CT molecular complexity index is 622. The van der Waals surface area contributed by atoms with E-state index in [1.807, 2.05) is 36.6 Å². The zero-order valence-electron chi connectivity index (χ0n) is 11.7. The van der Waals surface area contributed by atoms with Crippen molar-refractivity contribution in [3.63, 3.8) is 0 Å². The Morgan fingerprint density at radius 3 is 2.76 bits per heavy atom. The van der Waals surface area contributed by atoms with Gasteiger partial charge in [-0.1, -0.05) is 29.8 Å². The molecule has 0 bridgehead atoms. The van der Waals surface area contributed by atoms with Gasteiger partial charge in [0.1, 0.15) is 0 Å². The molecule has 1 heterocycles. The first-order chi connectivity index (χ1) is 10.1. The van der Waals surface area contributed by atoms with E-state index in [9.17, 15) is 14.7 Å². The second kappa shape index (κ2) is 7.04. The highest BCUT2D eigenvalue weighted by molar-refractivity contribution is 7.08. The first-order valence-electron chi connectivity index (χ1n) is 6.65. The van der Waals surface area contributed by atoms with Crippen LogP contribution in [0.5, 0.6) is 0 Å². The predicted molar refractivity (Wildman–Crippen MR) is 82.7 cm³/mol. The highest BCUT2D eigenvalue weighted by Crippen LogP contribution is 2.12. The molecule has 1 unspecified atom stereocenters. The van der Waals surface area contributed by atoms with E-state index in [-0.39, 0.29) is 12.5 Å². The minimum Gasteiger partial charge on any atom is -0.481 e. The van der Waals surface area contributed by atoms with Crippen LogP contribution in [-0.2, 0) is 11.2 Å². The van der Waals surface area contributed by atoms with Crippen LogP contribution in [0.1, 0.15) is 21.5 Å². The van der Waals surface area contributed by atoms with E-state index in [1.54, 1.807) is 11.4 Å². The molecule has 1 amide bonds. The van der Waals surface area contributed by atoms with Crippen LogP contribution in [0.3, 0.4) is 0 Å². The highest BCUT2D eigenvalue weighted by Gasteiger charge is 2.19. The molecule has 0 aliphatic heterocycles. The summed E-state index contributed by atoms with van der Waals surface area (Å²) in [6, 6.07) is 9.47. The van der Waals surface area contributed by atoms with Crippen molar-refractivity contribution < 1.29 is 14.7 Å². The third kappa shape index (κ3) is 4.43. The molecule has 2 aromatic rings. The van der Waals surface area contributed by atoms with Crippen molar-refractivity contribution in [2.75, 3.05) is 6.54 Å². The van der Waals surface area contributed by atoms with Gasteiger partial charge in [0, 0.05) is 17.5 Å². The average Bonchev–Trinajstić information content (AvgIpc) is 2.97. The second-order valence-corrected chi connectivity index (χ2v) is 5.73. The van der Waals surface area contributed by atoms with Crippen LogP contribution < -0.4 is 5.32 Å². The number of carboxylic acid groups (broad SMARTS) is 1. The molecule has 5 heteroatoms. The van der Waals surface area contributed by atoms with Gasteiger partial charge in [-0.2, -0.15) is 11.3 Å². The molecular formula is C16H17NO3S. The number of hydrogen-bond acceptors (Lipinski definition) is 3. The van der Waals surface area contributed by atoms with Crippen LogP contribution in [-0.4, -0.2) is 23.5 Å². The fourth-order valence-electron chi connectivity index (χ4n) is 2.08. The van der Waals surface area contributed by atoms with Crippen molar-refractivity contribution in [1.29, 1.82) is 0 Å². The quantitative estimate of drug-likeness (QED) is 0.862. The van der Waals surface area contributed by atoms with Crippen LogP contribution in [0.2, 0.25) is 0 Å². The molecule has 0 aliphatic rings. The summed E-state index contributed by atoms with van der Waals surface area (Å²) < 4.78 is 0. The molecule has 0 saturated carbocycles. The minimum absolute atomic E-state index is 0.123. The predicted octanol–water partition coefficient (Wildman–Crippen LogP) is 2.73. The van der Waals surface area contributed by atoms with E-state index in [0.29, 0.717) is 12.0 Å². The molecule has 0 saturated heterocycles.